The molecule has 11 heteroatoms. The molecule has 3 N–H and O–H groups in total. The van der Waals surface area contributed by atoms with Gasteiger partial charge in [-0.3, -0.25) is 19.2 Å². The van der Waals surface area contributed by atoms with Gasteiger partial charge in [-0.2, -0.15) is 0 Å². The van der Waals surface area contributed by atoms with Crippen LogP contribution in [0.3, 0.4) is 0 Å². The van der Waals surface area contributed by atoms with E-state index >= 15 is 0 Å². The Labute approximate surface area is 199 Å². The van der Waals surface area contributed by atoms with Gasteiger partial charge in [-0.1, -0.05) is 26.0 Å². The van der Waals surface area contributed by atoms with Crippen molar-refractivity contribution in [2.24, 2.45) is 11.0 Å². The van der Waals surface area contributed by atoms with Gasteiger partial charge in [0.2, 0.25) is 0 Å². The van der Waals surface area contributed by atoms with Gasteiger partial charge in [0.15, 0.2) is 23.8 Å². The number of ether oxygens (including phenoxy) is 2. The molecule has 0 fully saturated rings. The molecule has 0 saturated carbocycles. The summed E-state index contributed by atoms with van der Waals surface area (Å²) in [4.78, 5) is 51.3. The molecular weight excluding hydrogens is 460 g/mol. The summed E-state index contributed by atoms with van der Waals surface area (Å²) in [7, 11) is 0. The maximum absolute atomic E-state index is 13.5. The van der Waals surface area contributed by atoms with Crippen molar-refractivity contribution in [1.82, 2.24) is 0 Å². The molecule has 1 aromatic rings. The Morgan fingerprint density at radius 3 is 2.37 bits per heavy atom. The number of fused-ring (bicyclic) bond motifs is 2. The van der Waals surface area contributed by atoms with Crippen LogP contribution in [0.4, 0.5) is 0 Å². The molecule has 5 atom stereocenters. The molecule has 3 aliphatic carbocycles. The van der Waals surface area contributed by atoms with Crippen molar-refractivity contribution in [3.63, 3.8) is 0 Å². The molecule has 0 bridgehead atoms. The van der Waals surface area contributed by atoms with Crippen molar-refractivity contribution < 1.29 is 44.0 Å². The van der Waals surface area contributed by atoms with E-state index in [-0.39, 0.29) is 33.4 Å². The minimum atomic E-state index is -2.24. The van der Waals surface area contributed by atoms with Crippen LogP contribution in [0.2, 0.25) is 0 Å². The Balaban J connectivity index is 1.99. The molecule has 35 heavy (non-hydrogen) atoms. The van der Waals surface area contributed by atoms with Crippen molar-refractivity contribution in [3.8, 4) is 5.75 Å². The molecule has 0 aromatic heterocycles. The van der Waals surface area contributed by atoms with Gasteiger partial charge in [0, 0.05) is 34.8 Å². The number of carbonyl (C=O) groups excluding carboxylic acids is 4. The number of aliphatic hydroxyl groups excluding tert-OH is 1. The van der Waals surface area contributed by atoms with Crippen molar-refractivity contribution >= 4 is 23.5 Å². The summed E-state index contributed by atoms with van der Waals surface area (Å²) in [6.45, 7) is 5.26. The largest absolute Gasteiger partial charge is 0.711 e. The highest BCUT2D eigenvalue weighted by Gasteiger charge is 2.61. The topological polar surface area (TPSA) is 182 Å². The minimum absolute atomic E-state index is 0.150. The summed E-state index contributed by atoms with van der Waals surface area (Å²) in [6.07, 6.45) is -5.21. The van der Waals surface area contributed by atoms with Gasteiger partial charge in [-0.05, 0) is 13.0 Å². The summed E-state index contributed by atoms with van der Waals surface area (Å²) in [5.41, 5.74) is 6.12. The number of ketones is 2. The quantitative estimate of drug-likeness (QED) is 0.421. The van der Waals surface area contributed by atoms with E-state index in [1.165, 1.54) is 32.0 Å². The van der Waals surface area contributed by atoms with Gasteiger partial charge >= 0.3 is 11.9 Å². The van der Waals surface area contributed by atoms with Gasteiger partial charge in [-0.25, -0.2) is 0 Å². The maximum Gasteiger partial charge on any atom is 0.309 e. The molecule has 1 unspecified atom stereocenters. The van der Waals surface area contributed by atoms with Gasteiger partial charge in [-0.15, -0.1) is 0 Å². The molecule has 0 amide bonds. The van der Waals surface area contributed by atoms with E-state index in [2.05, 4.69) is 5.11 Å². The highest BCUT2D eigenvalue weighted by Crippen LogP contribution is 2.52. The van der Waals surface area contributed by atoms with Crippen molar-refractivity contribution in [2.45, 2.75) is 57.6 Å². The smallest absolute Gasteiger partial charge is 0.309 e. The van der Waals surface area contributed by atoms with Gasteiger partial charge in [0.1, 0.15) is 17.5 Å². The number of phenolic OH excluding ortho intramolecular Hbond substituents is 1. The lowest BCUT2D eigenvalue weighted by atomic mass is 9.73. The van der Waals surface area contributed by atoms with Gasteiger partial charge in [0.05, 0.1) is 17.5 Å². The van der Waals surface area contributed by atoms with E-state index in [1.807, 2.05) is 0 Å². The lowest BCUT2D eigenvalue weighted by Gasteiger charge is -2.46. The highest BCUT2D eigenvalue weighted by atomic mass is 16.6. The minimum Gasteiger partial charge on any atom is -0.711 e. The van der Waals surface area contributed by atoms with Crippen LogP contribution in [-0.2, 0) is 19.1 Å². The number of phenols is 1. The Hall–Kier alpha value is -3.70. The zero-order valence-corrected chi connectivity index (χ0v) is 19.3. The van der Waals surface area contributed by atoms with E-state index in [1.54, 1.807) is 0 Å². The van der Waals surface area contributed by atoms with Crippen molar-refractivity contribution in [2.75, 3.05) is 0 Å². The number of nitrogens with zero attached hydrogens (tertiary/aromatic N) is 2. The second kappa shape index (κ2) is 8.21. The third-order valence-corrected chi connectivity index (χ3v) is 6.49. The van der Waals surface area contributed by atoms with Crippen LogP contribution in [0.1, 0.15) is 48.4 Å². The number of carbonyl (C=O) groups is 4. The molecule has 0 saturated heterocycles. The first kappa shape index (κ1) is 24.4. The van der Waals surface area contributed by atoms with Crippen LogP contribution >= 0.6 is 0 Å². The first-order valence-electron chi connectivity index (χ1n) is 10.9. The predicted molar refractivity (Wildman–Crippen MR) is 117 cm³/mol. The summed E-state index contributed by atoms with van der Waals surface area (Å²) in [5.74, 6) is -4.38. The molecule has 184 valence electrons. The molecule has 11 nitrogen and oxygen atoms in total. The average molecular weight is 483 g/mol. The molecule has 1 aromatic carbocycles. The Kier molecular flexibility index (Phi) is 5.73. The number of benzene rings is 1. The number of hydrogen-bond donors (Lipinski definition) is 3. The third kappa shape index (κ3) is 3.41. The number of aromatic hydroxyl groups is 1. The van der Waals surface area contributed by atoms with E-state index < -0.39 is 65.1 Å². The molecular formula is C24H23N2O9-. The molecule has 3 aliphatic rings. The third-order valence-electron chi connectivity index (χ3n) is 6.49. The Morgan fingerprint density at radius 2 is 1.80 bits per heavy atom. The van der Waals surface area contributed by atoms with E-state index in [0.29, 0.717) is 0 Å². The second-order valence-corrected chi connectivity index (χ2v) is 9.21. The summed E-state index contributed by atoms with van der Waals surface area (Å²) in [6, 6.07) is 2.29. The van der Waals surface area contributed by atoms with Crippen LogP contribution in [0.15, 0.2) is 45.6 Å². The molecule has 0 spiro atoms. The summed E-state index contributed by atoms with van der Waals surface area (Å²) < 4.78 is 10.7. The standard InChI is InChI=1S/C24H23N2O9/c1-8(2)23(32)35-21-16-14(20(31)22(24(21,4)33)34-9(3)27)13-15(17(16)26-25)19(30)12-10(18(13)29)6-5-7-11(12)28/h5-8,17,20-22,28,31,33H,1-4H3/q-1/t17?,20-,21+,22+,24+/m0/s1. The zero-order chi connectivity index (χ0) is 26.0. The first-order chi connectivity index (χ1) is 16.3. The van der Waals surface area contributed by atoms with Crippen LogP contribution in [0.25, 0.3) is 5.53 Å². The van der Waals surface area contributed by atoms with Crippen LogP contribution < -0.4 is 0 Å². The number of Topliss-reactive ketones (excluding diaryl/α,β-unsaturated/α-hetero) is 2. The monoisotopic (exact) mass is 483 g/mol. The predicted octanol–water partition coefficient (Wildman–Crippen LogP) is 1.39. The molecule has 4 rings (SSSR count). The molecule has 0 aliphatic heterocycles. The van der Waals surface area contributed by atoms with Gasteiger partial charge < -0.3 is 35.4 Å². The first-order valence-corrected chi connectivity index (χ1v) is 10.9. The normalized spacial score (nSPS) is 29.6. The average Bonchev–Trinajstić information content (AvgIpc) is 3.13. The fourth-order valence-electron chi connectivity index (χ4n) is 4.90. The lowest BCUT2D eigenvalue weighted by molar-refractivity contribution is -0.203. The maximum atomic E-state index is 13.5. The van der Waals surface area contributed by atoms with Crippen LogP contribution in [0, 0.1) is 5.92 Å². The Morgan fingerprint density at radius 1 is 1.14 bits per heavy atom. The molecule has 0 radical (unpaired) electrons. The lowest BCUT2D eigenvalue weighted by Crippen LogP contribution is -2.62. The molecule has 0 heterocycles. The van der Waals surface area contributed by atoms with E-state index in [0.717, 1.165) is 13.8 Å². The number of esters is 2. The van der Waals surface area contributed by atoms with E-state index in [4.69, 9.17) is 9.47 Å². The summed E-state index contributed by atoms with van der Waals surface area (Å²) in [5, 5.41) is 36.1. The van der Waals surface area contributed by atoms with Crippen LogP contribution in [0.5, 0.6) is 5.75 Å². The second-order valence-electron chi connectivity index (χ2n) is 9.21. The summed E-state index contributed by atoms with van der Waals surface area (Å²) >= 11 is 0. The van der Waals surface area contributed by atoms with Gasteiger partial charge in [0.25, 0.3) is 0 Å². The number of rotatable bonds is 4. The van der Waals surface area contributed by atoms with Crippen molar-refractivity contribution in [3.05, 3.63) is 57.1 Å². The van der Waals surface area contributed by atoms with Crippen LogP contribution in [-0.4, -0.2) is 68.8 Å². The fraction of sp³-hybridized carbons (Fsp3) is 0.417. The van der Waals surface area contributed by atoms with Crippen molar-refractivity contribution in [1.29, 1.82) is 0 Å². The fourth-order valence-corrected chi connectivity index (χ4v) is 4.90. The number of aliphatic hydroxyl groups is 2. The van der Waals surface area contributed by atoms with E-state index in [9.17, 15) is 40.0 Å². The SMILES string of the molecule is CC(=O)O[C@@H]1[C@@H](O)C2=C(C(N=[N-])C3=C2C(=O)c2cccc(O)c2C3=O)[C@@H](OC(=O)C(C)C)[C@@]1(C)O. The Bertz CT molecular complexity index is 1260. The number of hydrogen-bond acceptors (Lipinski definition) is 10. The zero-order valence-electron chi connectivity index (χ0n) is 19.3. The highest BCUT2D eigenvalue weighted by molar-refractivity contribution is 6.31.